The summed E-state index contributed by atoms with van der Waals surface area (Å²) in [5.41, 5.74) is 3.53. The van der Waals surface area contributed by atoms with Gasteiger partial charge in [0.2, 0.25) is 0 Å². The van der Waals surface area contributed by atoms with Gasteiger partial charge in [0, 0.05) is 4.90 Å². The lowest BCUT2D eigenvalue weighted by Gasteiger charge is -2.08. The van der Waals surface area contributed by atoms with E-state index < -0.39 is 21.2 Å². The molecule has 0 saturated heterocycles. The highest BCUT2D eigenvalue weighted by Gasteiger charge is 2.09. The maximum atomic E-state index is 11.1. The van der Waals surface area contributed by atoms with Gasteiger partial charge in [-0.2, -0.15) is 8.42 Å². The van der Waals surface area contributed by atoms with Crippen molar-refractivity contribution in [1.82, 2.24) is 0 Å². The lowest BCUT2D eigenvalue weighted by atomic mass is 10.0. The third-order valence-corrected chi connectivity index (χ3v) is 5.28. The van der Waals surface area contributed by atoms with E-state index in [0.717, 1.165) is 22.3 Å². The Labute approximate surface area is 148 Å². The van der Waals surface area contributed by atoms with Crippen LogP contribution >= 0.6 is 0 Å². The van der Waals surface area contributed by atoms with Gasteiger partial charge in [0.05, 0.1) is 4.90 Å². The molecule has 3 aromatic carbocycles. The molecule has 0 spiro atoms. The zero-order valence-corrected chi connectivity index (χ0v) is 14.5. The molecule has 0 saturated carbocycles. The minimum atomic E-state index is -4.20. The highest BCUT2D eigenvalue weighted by Crippen LogP contribution is 2.26. The summed E-state index contributed by atoms with van der Waals surface area (Å²) in [6.45, 7) is 0. The Bertz CT molecular complexity index is 1010. The van der Waals surface area contributed by atoms with Crippen LogP contribution in [0.3, 0.4) is 0 Å². The van der Waals surface area contributed by atoms with Gasteiger partial charge in [0.15, 0.2) is 0 Å². The minimum absolute atomic E-state index is 0.149. The SMILES string of the molecule is O=S([O-])c1ccc(-c2ccc(-c3ccc(S(=O)(=O)O)cc3)cc2)cc1. The smallest absolute Gasteiger partial charge is 0.294 e. The second-order valence-electron chi connectivity index (χ2n) is 5.34. The maximum absolute atomic E-state index is 11.1. The molecule has 5 nitrogen and oxygen atoms in total. The molecule has 0 amide bonds. The molecule has 128 valence electrons. The molecule has 1 N–H and O–H groups in total. The molecule has 0 aliphatic rings. The summed E-state index contributed by atoms with van der Waals surface area (Å²) in [6.07, 6.45) is 0. The first-order valence-electron chi connectivity index (χ1n) is 7.22. The minimum Gasteiger partial charge on any atom is -0.768 e. The molecule has 0 bridgehead atoms. The van der Waals surface area contributed by atoms with Gasteiger partial charge in [-0.1, -0.05) is 48.5 Å². The van der Waals surface area contributed by atoms with Crippen LogP contribution in [0.25, 0.3) is 22.3 Å². The Morgan fingerprint density at radius 3 is 1.32 bits per heavy atom. The highest BCUT2D eigenvalue weighted by molar-refractivity contribution is 7.85. The van der Waals surface area contributed by atoms with Crippen LogP contribution in [0.2, 0.25) is 0 Å². The van der Waals surface area contributed by atoms with Crippen LogP contribution in [-0.4, -0.2) is 21.7 Å². The molecule has 0 radical (unpaired) electrons. The Morgan fingerprint density at radius 2 is 1.00 bits per heavy atom. The molecule has 3 rings (SSSR count). The zero-order chi connectivity index (χ0) is 18.0. The summed E-state index contributed by atoms with van der Waals surface area (Å²) in [6, 6.07) is 20.1. The van der Waals surface area contributed by atoms with E-state index in [1.807, 2.05) is 24.3 Å². The van der Waals surface area contributed by atoms with Crippen molar-refractivity contribution in [1.29, 1.82) is 0 Å². The lowest BCUT2D eigenvalue weighted by molar-refractivity contribution is 0.483. The van der Waals surface area contributed by atoms with E-state index >= 15 is 0 Å². The standard InChI is InChI=1S/C18H14O5S2/c19-24(20)17-9-5-15(6-10-17)13-1-3-14(4-2-13)16-7-11-18(12-8-16)25(21,22)23/h1-12H,(H,19,20)(H,21,22,23)/p-1. The van der Waals surface area contributed by atoms with Crippen molar-refractivity contribution in [2.24, 2.45) is 0 Å². The Hall–Kier alpha value is -2.32. The molecule has 25 heavy (non-hydrogen) atoms. The first-order chi connectivity index (χ1) is 11.8. The Kier molecular flexibility index (Phi) is 4.82. The van der Waals surface area contributed by atoms with Crippen molar-refractivity contribution in [2.45, 2.75) is 9.79 Å². The second-order valence-corrected chi connectivity index (χ2v) is 7.70. The van der Waals surface area contributed by atoms with Gasteiger partial charge in [-0.25, -0.2) is 0 Å². The van der Waals surface area contributed by atoms with E-state index in [9.17, 15) is 17.2 Å². The number of rotatable bonds is 4. The molecule has 1 atom stereocenters. The first-order valence-corrected chi connectivity index (χ1v) is 9.74. The summed E-state index contributed by atoms with van der Waals surface area (Å²) in [4.78, 5) is 0.0861. The Balaban J connectivity index is 1.86. The van der Waals surface area contributed by atoms with Crippen LogP contribution in [0.15, 0.2) is 82.6 Å². The van der Waals surface area contributed by atoms with Crippen LogP contribution < -0.4 is 0 Å². The molecule has 0 aliphatic heterocycles. The van der Waals surface area contributed by atoms with E-state index in [2.05, 4.69) is 0 Å². The van der Waals surface area contributed by atoms with Crippen LogP contribution in [0.1, 0.15) is 0 Å². The van der Waals surface area contributed by atoms with Crippen molar-refractivity contribution in [2.75, 3.05) is 0 Å². The predicted octanol–water partition coefficient (Wildman–Crippen LogP) is 3.51. The fourth-order valence-electron chi connectivity index (χ4n) is 2.43. The number of hydrogen-bond donors (Lipinski definition) is 1. The van der Waals surface area contributed by atoms with Crippen LogP contribution in [0.5, 0.6) is 0 Å². The topological polar surface area (TPSA) is 94.5 Å². The molecule has 1 unspecified atom stereocenters. The first kappa shape index (κ1) is 17.5. The van der Waals surface area contributed by atoms with Gasteiger partial charge in [0.25, 0.3) is 10.1 Å². The fraction of sp³-hybridized carbons (Fsp3) is 0. The molecule has 0 aromatic heterocycles. The van der Waals surface area contributed by atoms with Gasteiger partial charge in [0.1, 0.15) is 0 Å². The van der Waals surface area contributed by atoms with E-state index in [4.69, 9.17) is 4.55 Å². The molecule has 0 heterocycles. The monoisotopic (exact) mass is 373 g/mol. The van der Waals surface area contributed by atoms with Gasteiger partial charge >= 0.3 is 0 Å². The van der Waals surface area contributed by atoms with Crippen LogP contribution in [0, 0.1) is 0 Å². The van der Waals surface area contributed by atoms with Crippen molar-refractivity contribution in [3.05, 3.63) is 72.8 Å². The molecule has 0 aliphatic carbocycles. The zero-order valence-electron chi connectivity index (χ0n) is 12.8. The summed E-state index contributed by atoms with van der Waals surface area (Å²) in [5, 5.41) is 0. The summed E-state index contributed by atoms with van der Waals surface area (Å²) >= 11 is -2.24. The fourth-order valence-corrected chi connectivity index (χ4v) is 3.27. The summed E-state index contributed by atoms with van der Waals surface area (Å²) in [5.74, 6) is 0. The maximum Gasteiger partial charge on any atom is 0.294 e. The summed E-state index contributed by atoms with van der Waals surface area (Å²) < 4.78 is 52.9. The van der Waals surface area contributed by atoms with Crippen molar-refractivity contribution in [3.8, 4) is 22.3 Å². The average Bonchev–Trinajstić information content (AvgIpc) is 2.61. The normalized spacial score (nSPS) is 12.7. The van der Waals surface area contributed by atoms with Gasteiger partial charge < -0.3 is 4.55 Å². The predicted molar refractivity (Wildman–Crippen MR) is 94.3 cm³/mol. The molecular formula is C18H13O5S2-. The quantitative estimate of drug-likeness (QED) is 0.558. The van der Waals surface area contributed by atoms with E-state index in [1.165, 1.54) is 12.1 Å². The van der Waals surface area contributed by atoms with E-state index in [0.29, 0.717) is 0 Å². The second kappa shape index (κ2) is 6.89. The van der Waals surface area contributed by atoms with Crippen LogP contribution in [0.4, 0.5) is 0 Å². The van der Waals surface area contributed by atoms with Crippen molar-refractivity contribution in [3.63, 3.8) is 0 Å². The van der Waals surface area contributed by atoms with E-state index in [1.54, 1.807) is 36.4 Å². The molecule has 0 fully saturated rings. The third-order valence-electron chi connectivity index (χ3n) is 3.75. The number of benzene rings is 3. The average molecular weight is 373 g/mol. The van der Waals surface area contributed by atoms with Crippen molar-refractivity contribution < 1.29 is 21.7 Å². The lowest BCUT2D eigenvalue weighted by Crippen LogP contribution is -1.97. The largest absolute Gasteiger partial charge is 0.768 e. The molecule has 7 heteroatoms. The van der Waals surface area contributed by atoms with E-state index in [-0.39, 0.29) is 9.79 Å². The van der Waals surface area contributed by atoms with Crippen molar-refractivity contribution >= 4 is 21.2 Å². The molecule has 3 aromatic rings. The summed E-state index contributed by atoms with van der Waals surface area (Å²) in [7, 11) is -4.20. The van der Waals surface area contributed by atoms with Gasteiger partial charge in [-0.3, -0.25) is 8.76 Å². The van der Waals surface area contributed by atoms with Gasteiger partial charge in [-0.15, -0.1) is 0 Å². The number of hydrogen-bond acceptors (Lipinski definition) is 4. The third kappa shape index (κ3) is 4.02. The Morgan fingerprint density at radius 1 is 0.680 bits per heavy atom. The highest BCUT2D eigenvalue weighted by atomic mass is 32.2. The van der Waals surface area contributed by atoms with Crippen LogP contribution in [-0.2, 0) is 21.2 Å². The van der Waals surface area contributed by atoms with Gasteiger partial charge in [-0.05, 0) is 57.6 Å². The molecular weight excluding hydrogens is 360 g/mol.